The van der Waals surface area contributed by atoms with E-state index in [1.165, 1.54) is 44.2 Å². The lowest BCUT2D eigenvalue weighted by molar-refractivity contribution is 0.216. The monoisotopic (exact) mass is 263 g/mol. The van der Waals surface area contributed by atoms with Gasteiger partial charge < -0.3 is 5.32 Å². The highest BCUT2D eigenvalue weighted by Gasteiger charge is 2.25. The van der Waals surface area contributed by atoms with E-state index in [4.69, 9.17) is 0 Å². The van der Waals surface area contributed by atoms with Crippen molar-refractivity contribution < 1.29 is 0 Å². The summed E-state index contributed by atoms with van der Waals surface area (Å²) in [6.07, 6.45) is 11.3. The van der Waals surface area contributed by atoms with Crippen molar-refractivity contribution in [2.24, 2.45) is 18.9 Å². The van der Waals surface area contributed by atoms with E-state index < -0.39 is 0 Å². The van der Waals surface area contributed by atoms with E-state index in [1.54, 1.807) is 0 Å². The molecule has 1 atom stereocenters. The molecule has 2 rings (SSSR count). The van der Waals surface area contributed by atoms with E-state index in [9.17, 15) is 0 Å². The van der Waals surface area contributed by atoms with E-state index in [2.05, 4.69) is 30.5 Å². The van der Waals surface area contributed by atoms with Crippen LogP contribution >= 0.6 is 0 Å². The van der Waals surface area contributed by atoms with Gasteiger partial charge in [-0.2, -0.15) is 5.10 Å². The lowest BCUT2D eigenvalue weighted by atomic mass is 9.76. The Balaban J connectivity index is 1.82. The average molecular weight is 263 g/mol. The molecule has 19 heavy (non-hydrogen) atoms. The molecule has 0 aliphatic heterocycles. The van der Waals surface area contributed by atoms with Crippen molar-refractivity contribution in [3.63, 3.8) is 0 Å². The summed E-state index contributed by atoms with van der Waals surface area (Å²) < 4.78 is 2.00. The minimum atomic E-state index is 0.674. The van der Waals surface area contributed by atoms with Crippen LogP contribution in [-0.4, -0.2) is 22.9 Å². The number of aromatic nitrogens is 2. The van der Waals surface area contributed by atoms with Crippen LogP contribution in [0.5, 0.6) is 0 Å². The van der Waals surface area contributed by atoms with Crippen molar-refractivity contribution in [2.45, 2.75) is 57.9 Å². The highest BCUT2D eigenvalue weighted by atomic mass is 15.2. The quantitative estimate of drug-likeness (QED) is 0.854. The Hall–Kier alpha value is -0.830. The second kappa shape index (κ2) is 7.09. The van der Waals surface area contributed by atoms with Gasteiger partial charge in [0.05, 0.1) is 0 Å². The van der Waals surface area contributed by atoms with E-state index >= 15 is 0 Å². The molecule has 0 radical (unpaired) electrons. The molecule has 0 amide bonds. The van der Waals surface area contributed by atoms with Crippen LogP contribution in [-0.2, 0) is 13.5 Å². The fourth-order valence-electron chi connectivity index (χ4n) is 3.56. The molecule has 108 valence electrons. The lowest BCUT2D eigenvalue weighted by Gasteiger charge is -2.33. The number of rotatable bonds is 6. The zero-order chi connectivity index (χ0) is 13.7. The fourth-order valence-corrected chi connectivity index (χ4v) is 3.56. The van der Waals surface area contributed by atoms with Crippen LogP contribution in [0, 0.1) is 11.8 Å². The van der Waals surface area contributed by atoms with Crippen molar-refractivity contribution in [1.82, 2.24) is 15.1 Å². The van der Waals surface area contributed by atoms with E-state index in [-0.39, 0.29) is 0 Å². The van der Waals surface area contributed by atoms with Gasteiger partial charge >= 0.3 is 0 Å². The van der Waals surface area contributed by atoms with Crippen molar-refractivity contribution >= 4 is 0 Å². The number of hydrogen-bond acceptors (Lipinski definition) is 2. The first kappa shape index (κ1) is 14.6. The van der Waals surface area contributed by atoms with Gasteiger partial charge in [-0.1, -0.05) is 26.2 Å². The Morgan fingerprint density at radius 1 is 1.37 bits per heavy atom. The van der Waals surface area contributed by atoms with Gasteiger partial charge in [0.2, 0.25) is 0 Å². The first-order chi connectivity index (χ1) is 9.24. The zero-order valence-corrected chi connectivity index (χ0v) is 12.7. The molecule has 1 saturated carbocycles. The first-order valence-electron chi connectivity index (χ1n) is 7.88. The van der Waals surface area contributed by atoms with Crippen LogP contribution in [0.25, 0.3) is 0 Å². The number of hydrogen-bond donors (Lipinski definition) is 1. The normalized spacial score (nSPS) is 25.4. The van der Waals surface area contributed by atoms with Crippen LogP contribution < -0.4 is 5.32 Å². The predicted octanol–water partition coefficient (Wildman–Crippen LogP) is 3.16. The maximum absolute atomic E-state index is 4.25. The molecule has 0 saturated heterocycles. The Morgan fingerprint density at radius 3 is 2.63 bits per heavy atom. The molecule has 0 spiro atoms. The molecule has 1 aromatic rings. The molecule has 0 aromatic carbocycles. The van der Waals surface area contributed by atoms with Crippen molar-refractivity contribution in [1.29, 1.82) is 0 Å². The summed E-state index contributed by atoms with van der Waals surface area (Å²) in [5.41, 5.74) is 1.35. The van der Waals surface area contributed by atoms with E-state index in [0.29, 0.717) is 6.04 Å². The third-order valence-electron chi connectivity index (χ3n) is 5.04. The molecule has 1 aromatic heterocycles. The van der Waals surface area contributed by atoms with Gasteiger partial charge in [-0.25, -0.2) is 0 Å². The van der Waals surface area contributed by atoms with Gasteiger partial charge in [-0.3, -0.25) is 4.68 Å². The molecule has 1 unspecified atom stereocenters. The summed E-state index contributed by atoms with van der Waals surface area (Å²) in [6, 6.07) is 2.81. The van der Waals surface area contributed by atoms with E-state index in [1.807, 2.05) is 17.9 Å². The third-order valence-corrected chi connectivity index (χ3v) is 5.04. The van der Waals surface area contributed by atoms with E-state index in [0.717, 1.165) is 18.3 Å². The molecule has 1 aliphatic carbocycles. The van der Waals surface area contributed by atoms with Crippen molar-refractivity contribution in [2.75, 3.05) is 7.05 Å². The van der Waals surface area contributed by atoms with Gasteiger partial charge in [-0.05, 0) is 50.6 Å². The Morgan fingerprint density at radius 2 is 2.11 bits per heavy atom. The molecule has 0 bridgehead atoms. The number of aryl methyl sites for hydroxylation is 2. The second-order valence-electron chi connectivity index (χ2n) is 6.07. The van der Waals surface area contributed by atoms with Gasteiger partial charge in [0.25, 0.3) is 0 Å². The first-order valence-corrected chi connectivity index (χ1v) is 7.88. The van der Waals surface area contributed by atoms with Crippen LogP contribution in [0.3, 0.4) is 0 Å². The van der Waals surface area contributed by atoms with Gasteiger partial charge in [-0.15, -0.1) is 0 Å². The van der Waals surface area contributed by atoms with Crippen molar-refractivity contribution in [3.8, 4) is 0 Å². The van der Waals surface area contributed by atoms with Crippen LogP contribution in [0.4, 0.5) is 0 Å². The molecule has 1 N–H and O–H groups in total. The average Bonchev–Trinajstić information content (AvgIpc) is 2.86. The second-order valence-corrected chi connectivity index (χ2v) is 6.07. The maximum Gasteiger partial charge on any atom is 0.0492 e. The van der Waals surface area contributed by atoms with Crippen LogP contribution in [0.1, 0.15) is 51.1 Å². The Labute approximate surface area is 117 Å². The topological polar surface area (TPSA) is 29.9 Å². The molecule has 1 aliphatic rings. The Kier molecular flexibility index (Phi) is 5.44. The molecule has 3 heteroatoms. The fraction of sp³-hybridized carbons (Fsp3) is 0.812. The summed E-state index contributed by atoms with van der Waals surface area (Å²) in [4.78, 5) is 0. The highest BCUT2D eigenvalue weighted by molar-refractivity contribution is 5.00. The number of nitrogens with one attached hydrogen (secondary N) is 1. The minimum absolute atomic E-state index is 0.674. The van der Waals surface area contributed by atoms with Crippen LogP contribution in [0.15, 0.2) is 12.3 Å². The van der Waals surface area contributed by atoms with Crippen LogP contribution in [0.2, 0.25) is 0 Å². The zero-order valence-electron chi connectivity index (χ0n) is 12.7. The minimum Gasteiger partial charge on any atom is -0.317 e. The summed E-state index contributed by atoms with van der Waals surface area (Å²) in [5, 5.41) is 7.81. The summed E-state index contributed by atoms with van der Waals surface area (Å²) in [7, 11) is 4.16. The molecular formula is C16H29N3. The van der Waals surface area contributed by atoms with Crippen molar-refractivity contribution in [3.05, 3.63) is 18.0 Å². The third kappa shape index (κ3) is 3.82. The molecule has 1 heterocycles. The molecule has 3 nitrogen and oxygen atoms in total. The standard InChI is InChI=1S/C16H29N3/c1-4-13-5-7-14(8-6-13)16(17-2)10-9-15-11-12-18-19(15)3/h11-14,16-17H,4-10H2,1-3H3. The summed E-state index contributed by atoms with van der Waals surface area (Å²) >= 11 is 0. The highest BCUT2D eigenvalue weighted by Crippen LogP contribution is 2.33. The molecule has 1 fully saturated rings. The summed E-state index contributed by atoms with van der Waals surface area (Å²) in [6.45, 7) is 2.34. The largest absolute Gasteiger partial charge is 0.317 e. The maximum atomic E-state index is 4.25. The number of nitrogens with zero attached hydrogens (tertiary/aromatic N) is 2. The van der Waals surface area contributed by atoms with Gasteiger partial charge in [0, 0.05) is 25.0 Å². The lowest BCUT2D eigenvalue weighted by Crippen LogP contribution is -2.36. The molecular weight excluding hydrogens is 234 g/mol. The predicted molar refractivity (Wildman–Crippen MR) is 80.1 cm³/mol. The van der Waals surface area contributed by atoms with Gasteiger partial charge in [0.1, 0.15) is 0 Å². The Bertz CT molecular complexity index is 364. The SMILES string of the molecule is CCC1CCC(C(CCc2ccnn2C)NC)CC1. The smallest absolute Gasteiger partial charge is 0.0492 e. The summed E-state index contributed by atoms with van der Waals surface area (Å²) in [5.74, 6) is 1.87. The van der Waals surface area contributed by atoms with Gasteiger partial charge in [0.15, 0.2) is 0 Å².